The topological polar surface area (TPSA) is 81.0 Å². The average Bonchev–Trinajstić information content (AvgIpc) is 3.33. The molecule has 5 nitrogen and oxygen atoms in total. The van der Waals surface area contributed by atoms with E-state index in [9.17, 15) is 4.79 Å². The Bertz CT molecular complexity index is 1530. The molecule has 0 bridgehead atoms. The van der Waals surface area contributed by atoms with Crippen molar-refractivity contribution in [1.82, 2.24) is 10.2 Å². The fraction of sp³-hybridized carbons (Fsp3) is 0.684. The lowest BCUT2D eigenvalue weighted by Gasteiger charge is -2.71. The van der Waals surface area contributed by atoms with Crippen LogP contribution in [-0.2, 0) is 28.0 Å². The van der Waals surface area contributed by atoms with Crippen LogP contribution in [-0.4, -0.2) is 16.2 Å². The number of fused-ring (bicyclic) bond motifs is 8. The second-order valence-corrected chi connectivity index (χ2v) is 18.4. The molecule has 238 valence electrons. The average molecular weight is 663 g/mol. The number of allylic oxidation sites excluding steroid dienone is 2. The molecule has 1 unspecified atom stereocenters. The number of rotatable bonds is 3. The molecular weight excluding hydrogens is 610 g/mol. The van der Waals surface area contributed by atoms with Crippen molar-refractivity contribution in [2.24, 2.45) is 44.8 Å². The zero-order chi connectivity index (χ0) is 31.5. The van der Waals surface area contributed by atoms with Crippen molar-refractivity contribution < 1.29 is 9.53 Å². The van der Waals surface area contributed by atoms with Crippen molar-refractivity contribution >= 4 is 27.7 Å². The number of hydrogen-bond donors (Lipinski definition) is 2. The molecule has 1 aromatic carbocycles. The molecular formula is C38H52BrN3O2. The van der Waals surface area contributed by atoms with Gasteiger partial charge in [-0.1, -0.05) is 94.7 Å². The first-order valence-electron chi connectivity index (χ1n) is 17.0. The quantitative estimate of drug-likeness (QED) is 0.321. The third kappa shape index (κ3) is 4.00. The van der Waals surface area contributed by atoms with Crippen molar-refractivity contribution in [1.29, 1.82) is 0 Å². The second kappa shape index (κ2) is 9.72. The van der Waals surface area contributed by atoms with Gasteiger partial charge in [-0.15, -0.1) is 0 Å². The van der Waals surface area contributed by atoms with Gasteiger partial charge in [0.1, 0.15) is 12.4 Å². The first-order valence-corrected chi connectivity index (χ1v) is 17.8. The molecule has 2 aromatic rings. The molecule has 7 rings (SSSR count). The van der Waals surface area contributed by atoms with Gasteiger partial charge in [0, 0.05) is 11.0 Å². The monoisotopic (exact) mass is 661 g/mol. The molecule has 5 aliphatic carbocycles. The fourth-order valence-electron chi connectivity index (χ4n) is 11.9. The summed E-state index contributed by atoms with van der Waals surface area (Å²) in [6.45, 7) is 17.7. The summed E-state index contributed by atoms with van der Waals surface area (Å²) in [6, 6.07) is 10.2. The van der Waals surface area contributed by atoms with E-state index in [1.54, 1.807) is 5.57 Å². The lowest BCUT2D eigenvalue weighted by Crippen LogP contribution is -2.65. The van der Waals surface area contributed by atoms with Crippen LogP contribution in [0.15, 0.2) is 40.4 Å². The second-order valence-electron chi connectivity index (χ2n) is 17.4. The molecule has 0 aliphatic heterocycles. The Balaban J connectivity index is 1.30. The number of benzene rings is 1. The highest BCUT2D eigenvalue weighted by molar-refractivity contribution is 9.11. The van der Waals surface area contributed by atoms with Gasteiger partial charge in [0.2, 0.25) is 0 Å². The largest absolute Gasteiger partial charge is 0.460 e. The van der Waals surface area contributed by atoms with Crippen molar-refractivity contribution in [3.63, 3.8) is 0 Å². The van der Waals surface area contributed by atoms with Gasteiger partial charge in [0.15, 0.2) is 0 Å². The number of nitrogens with two attached hydrogens (primary N) is 1. The fourth-order valence-corrected chi connectivity index (χ4v) is 13.0. The molecule has 3 fully saturated rings. The van der Waals surface area contributed by atoms with Crippen molar-refractivity contribution in [3.05, 3.63) is 57.2 Å². The number of carbonyl (C=O) groups excluding carboxylic acids is 1. The molecule has 5 aliphatic rings. The van der Waals surface area contributed by atoms with E-state index in [0.29, 0.717) is 18.4 Å². The van der Waals surface area contributed by atoms with Crippen LogP contribution in [0.3, 0.4) is 0 Å². The number of anilines is 1. The molecule has 44 heavy (non-hydrogen) atoms. The summed E-state index contributed by atoms with van der Waals surface area (Å²) in [6.07, 6.45) is 9.38. The molecule has 6 heteroatoms. The number of H-pyrrole nitrogens is 1. The summed E-state index contributed by atoms with van der Waals surface area (Å²) in [4.78, 5) is 14.3. The summed E-state index contributed by atoms with van der Waals surface area (Å²) in [5.41, 5.74) is 11.5. The Kier molecular flexibility index (Phi) is 6.75. The summed E-state index contributed by atoms with van der Waals surface area (Å²) in [7, 11) is 0. The van der Waals surface area contributed by atoms with E-state index < -0.39 is 5.41 Å². The van der Waals surface area contributed by atoms with E-state index >= 15 is 0 Å². The lowest BCUT2D eigenvalue weighted by molar-refractivity contribution is -0.182. The maximum Gasteiger partial charge on any atom is 0.313 e. The van der Waals surface area contributed by atoms with E-state index in [1.807, 2.05) is 18.2 Å². The van der Waals surface area contributed by atoms with Crippen LogP contribution in [0.5, 0.6) is 0 Å². The summed E-state index contributed by atoms with van der Waals surface area (Å²) in [5, 5.41) is 7.90. The Hall–Kier alpha value is -2.08. The number of nitrogens with one attached hydrogen (secondary N) is 1. The zero-order valence-electron chi connectivity index (χ0n) is 27.9. The number of halogens is 1. The molecule has 0 spiro atoms. The molecule has 7 atom stereocenters. The molecule has 0 radical (unpaired) electrons. The first-order chi connectivity index (χ1) is 20.6. The van der Waals surface area contributed by atoms with E-state index in [4.69, 9.17) is 15.6 Å². The smallest absolute Gasteiger partial charge is 0.313 e. The van der Waals surface area contributed by atoms with Crippen LogP contribution in [0.1, 0.15) is 117 Å². The van der Waals surface area contributed by atoms with Crippen LogP contribution in [0.25, 0.3) is 0 Å². The Morgan fingerprint density at radius 1 is 1.00 bits per heavy atom. The Morgan fingerprint density at radius 2 is 1.70 bits per heavy atom. The number of nitrogen functional groups attached to an aromatic ring is 1. The van der Waals surface area contributed by atoms with Crippen LogP contribution < -0.4 is 5.73 Å². The number of ether oxygens (including phenoxy) is 1. The van der Waals surface area contributed by atoms with Gasteiger partial charge in [-0.3, -0.25) is 9.89 Å². The van der Waals surface area contributed by atoms with Crippen LogP contribution >= 0.6 is 15.9 Å². The number of esters is 1. The summed E-state index contributed by atoms with van der Waals surface area (Å²) >= 11 is 4.29. The normalized spacial score (nSPS) is 40.1. The molecule has 0 saturated heterocycles. The number of aromatic amines is 1. The highest BCUT2D eigenvalue weighted by atomic mass is 79.9. The van der Waals surface area contributed by atoms with E-state index in [2.05, 4.69) is 81.6 Å². The minimum absolute atomic E-state index is 0.0103. The highest BCUT2D eigenvalue weighted by Gasteiger charge is 2.70. The lowest BCUT2D eigenvalue weighted by atomic mass is 9.33. The molecule has 1 heterocycles. The van der Waals surface area contributed by atoms with Crippen LogP contribution in [0, 0.1) is 44.8 Å². The van der Waals surface area contributed by atoms with Gasteiger partial charge in [-0.05, 0) is 113 Å². The van der Waals surface area contributed by atoms with E-state index in [-0.39, 0.29) is 39.0 Å². The summed E-state index contributed by atoms with van der Waals surface area (Å²) < 4.78 is 7.60. The van der Waals surface area contributed by atoms with Gasteiger partial charge in [-0.25, -0.2) is 0 Å². The van der Waals surface area contributed by atoms with Crippen molar-refractivity contribution in [2.75, 3.05) is 5.73 Å². The summed E-state index contributed by atoms with van der Waals surface area (Å²) in [5.74, 6) is 2.02. The highest BCUT2D eigenvalue weighted by Crippen LogP contribution is 2.77. The standard InChI is InChI=1S/C38H52BrN3O2/c1-33(2)15-17-38(32(43)44-22-23-11-9-8-10-12-23)18-16-37(7)29(25(38)21-33)26(39)19-28-35(5)20-24-30(41-42-31(24)40)34(3,4)27(35)13-14-36(28,37)6/h8-12,25,27-28H,13-22H2,1-7H3,(H3,40,41,42)/t25-,27-,28?,35-,36+,37+,38-/m0/s1. The molecule has 1 aromatic heterocycles. The van der Waals surface area contributed by atoms with Gasteiger partial charge in [0.05, 0.1) is 11.1 Å². The molecule has 3 N–H and O–H groups in total. The predicted octanol–water partition coefficient (Wildman–Crippen LogP) is 9.27. The third-order valence-electron chi connectivity index (χ3n) is 14.5. The molecule has 3 saturated carbocycles. The number of nitrogens with zero attached hydrogens (tertiary/aromatic N) is 1. The first kappa shape index (κ1) is 30.6. The minimum Gasteiger partial charge on any atom is -0.460 e. The Morgan fingerprint density at radius 3 is 2.43 bits per heavy atom. The number of carbonyl (C=O) groups is 1. The Labute approximate surface area is 272 Å². The zero-order valence-corrected chi connectivity index (χ0v) is 29.5. The van der Waals surface area contributed by atoms with E-state index in [0.717, 1.165) is 56.3 Å². The van der Waals surface area contributed by atoms with Crippen LogP contribution in [0.4, 0.5) is 5.82 Å². The predicted molar refractivity (Wildman–Crippen MR) is 180 cm³/mol. The SMILES string of the molecule is CC1(C)CC[C@]2(C(=O)OCc3ccccc3)CC[C@]3(C)C(=C(Br)CC4[C@@]5(C)Cc6c(n[nH]c6N)C(C)(C)[C@@H]5CC[C@]43C)[C@@H]2C1. The number of hydrogen-bond acceptors (Lipinski definition) is 4. The van der Waals surface area contributed by atoms with Gasteiger partial charge in [0.25, 0.3) is 0 Å². The third-order valence-corrected chi connectivity index (χ3v) is 15.2. The van der Waals surface area contributed by atoms with Gasteiger partial charge in [-0.2, -0.15) is 5.10 Å². The van der Waals surface area contributed by atoms with Crippen molar-refractivity contribution in [3.8, 4) is 0 Å². The maximum absolute atomic E-state index is 14.3. The van der Waals surface area contributed by atoms with Gasteiger partial charge < -0.3 is 10.5 Å². The van der Waals surface area contributed by atoms with Crippen molar-refractivity contribution in [2.45, 2.75) is 118 Å². The van der Waals surface area contributed by atoms with Crippen LogP contribution in [0.2, 0.25) is 0 Å². The number of aromatic nitrogens is 2. The van der Waals surface area contributed by atoms with Gasteiger partial charge >= 0.3 is 5.97 Å². The molecule has 0 amide bonds. The van der Waals surface area contributed by atoms with E-state index in [1.165, 1.54) is 28.6 Å². The maximum atomic E-state index is 14.3. The minimum atomic E-state index is -0.449.